The van der Waals surface area contributed by atoms with E-state index in [2.05, 4.69) is 23.9 Å². The molecule has 0 spiro atoms. The standard InChI is InChI=1S/C16H23ClN4/c1-3-14-16(17)15(21(4-2)20-14)11-13(18)6-5-12-7-9-19-10-8-12/h7-10,13H,3-6,11,18H2,1-2H3. The molecule has 0 aromatic carbocycles. The summed E-state index contributed by atoms with van der Waals surface area (Å²) in [6, 6.07) is 4.15. The zero-order valence-electron chi connectivity index (χ0n) is 12.7. The molecule has 1 atom stereocenters. The number of nitrogens with two attached hydrogens (primary N) is 1. The highest BCUT2D eigenvalue weighted by molar-refractivity contribution is 6.31. The summed E-state index contributed by atoms with van der Waals surface area (Å²) in [4.78, 5) is 4.03. The fourth-order valence-corrected chi connectivity index (χ4v) is 2.81. The molecule has 2 heterocycles. The fraction of sp³-hybridized carbons (Fsp3) is 0.500. The van der Waals surface area contributed by atoms with Crippen LogP contribution < -0.4 is 5.73 Å². The number of aryl methyl sites for hydroxylation is 3. The summed E-state index contributed by atoms with van der Waals surface area (Å²) in [5, 5.41) is 5.33. The molecule has 0 aliphatic heterocycles. The third-order valence-electron chi connectivity index (χ3n) is 3.70. The van der Waals surface area contributed by atoms with Crippen LogP contribution in [-0.4, -0.2) is 20.8 Å². The first-order chi connectivity index (χ1) is 10.2. The Kier molecular flexibility index (Phi) is 5.76. The highest BCUT2D eigenvalue weighted by Gasteiger charge is 2.16. The zero-order valence-corrected chi connectivity index (χ0v) is 13.5. The maximum absolute atomic E-state index is 6.42. The van der Waals surface area contributed by atoms with Crippen molar-refractivity contribution in [3.8, 4) is 0 Å². The Hall–Kier alpha value is -1.39. The van der Waals surface area contributed by atoms with Gasteiger partial charge in [-0.05, 0) is 43.9 Å². The Morgan fingerprint density at radius 3 is 2.62 bits per heavy atom. The van der Waals surface area contributed by atoms with Gasteiger partial charge in [-0.15, -0.1) is 0 Å². The van der Waals surface area contributed by atoms with Crippen molar-refractivity contribution in [3.05, 3.63) is 46.5 Å². The maximum atomic E-state index is 6.42. The van der Waals surface area contributed by atoms with Crippen molar-refractivity contribution < 1.29 is 0 Å². The van der Waals surface area contributed by atoms with Gasteiger partial charge in [-0.1, -0.05) is 18.5 Å². The Morgan fingerprint density at radius 2 is 2.00 bits per heavy atom. The van der Waals surface area contributed by atoms with Gasteiger partial charge in [-0.25, -0.2) is 0 Å². The third-order valence-corrected chi connectivity index (χ3v) is 4.14. The molecule has 0 saturated heterocycles. The Bertz CT molecular complexity index is 565. The quantitative estimate of drug-likeness (QED) is 0.855. The molecule has 2 aromatic rings. The van der Waals surface area contributed by atoms with E-state index in [0.29, 0.717) is 0 Å². The van der Waals surface area contributed by atoms with Gasteiger partial charge in [0.2, 0.25) is 0 Å². The molecule has 2 rings (SSSR count). The van der Waals surface area contributed by atoms with Crippen LogP contribution in [0.2, 0.25) is 5.02 Å². The van der Waals surface area contributed by atoms with E-state index < -0.39 is 0 Å². The largest absolute Gasteiger partial charge is 0.327 e. The molecule has 5 heteroatoms. The summed E-state index contributed by atoms with van der Waals surface area (Å²) in [7, 11) is 0. The SMILES string of the molecule is CCc1nn(CC)c(CC(N)CCc2ccncc2)c1Cl. The first-order valence-electron chi connectivity index (χ1n) is 7.54. The first kappa shape index (κ1) is 16.0. The van der Waals surface area contributed by atoms with Crippen LogP contribution in [0.4, 0.5) is 0 Å². The average molecular weight is 307 g/mol. The molecule has 0 aliphatic rings. The lowest BCUT2D eigenvalue weighted by Crippen LogP contribution is -2.25. The second-order valence-electron chi connectivity index (χ2n) is 5.24. The number of hydrogen-bond acceptors (Lipinski definition) is 3. The van der Waals surface area contributed by atoms with Crippen molar-refractivity contribution in [1.29, 1.82) is 0 Å². The van der Waals surface area contributed by atoms with E-state index in [0.717, 1.165) is 48.6 Å². The molecule has 0 saturated carbocycles. The van der Waals surface area contributed by atoms with Gasteiger partial charge in [0.05, 0.1) is 16.4 Å². The van der Waals surface area contributed by atoms with Crippen LogP contribution in [0.15, 0.2) is 24.5 Å². The highest BCUT2D eigenvalue weighted by Crippen LogP contribution is 2.23. The van der Waals surface area contributed by atoms with E-state index >= 15 is 0 Å². The molecule has 2 N–H and O–H groups in total. The van der Waals surface area contributed by atoms with Crippen LogP contribution in [0.1, 0.15) is 37.2 Å². The van der Waals surface area contributed by atoms with Crippen molar-refractivity contribution in [2.24, 2.45) is 5.73 Å². The molecule has 0 fully saturated rings. The lowest BCUT2D eigenvalue weighted by atomic mass is 10.0. The summed E-state index contributed by atoms with van der Waals surface area (Å²) in [5.74, 6) is 0. The van der Waals surface area contributed by atoms with Gasteiger partial charge in [0.15, 0.2) is 0 Å². The lowest BCUT2D eigenvalue weighted by molar-refractivity contribution is 0.553. The topological polar surface area (TPSA) is 56.7 Å². The van der Waals surface area contributed by atoms with Gasteiger partial charge >= 0.3 is 0 Å². The summed E-state index contributed by atoms with van der Waals surface area (Å²) in [6.45, 7) is 4.97. The monoisotopic (exact) mass is 306 g/mol. The van der Waals surface area contributed by atoms with Crippen LogP contribution in [0.25, 0.3) is 0 Å². The number of pyridine rings is 1. The molecule has 1 unspecified atom stereocenters. The summed E-state index contributed by atoms with van der Waals surface area (Å²) < 4.78 is 1.98. The number of aromatic nitrogens is 3. The smallest absolute Gasteiger partial charge is 0.0850 e. The van der Waals surface area contributed by atoms with E-state index in [-0.39, 0.29) is 6.04 Å². The molecule has 4 nitrogen and oxygen atoms in total. The van der Waals surface area contributed by atoms with Crippen LogP contribution >= 0.6 is 11.6 Å². The minimum absolute atomic E-state index is 0.0855. The minimum atomic E-state index is 0.0855. The summed E-state index contributed by atoms with van der Waals surface area (Å²) in [6.07, 6.45) is 7.14. The van der Waals surface area contributed by atoms with Gasteiger partial charge < -0.3 is 5.73 Å². The molecular formula is C16H23ClN4. The van der Waals surface area contributed by atoms with E-state index in [1.54, 1.807) is 0 Å². The Balaban J connectivity index is 1.99. The van der Waals surface area contributed by atoms with Crippen LogP contribution in [0, 0.1) is 0 Å². The maximum Gasteiger partial charge on any atom is 0.0850 e. The second-order valence-corrected chi connectivity index (χ2v) is 5.61. The minimum Gasteiger partial charge on any atom is -0.327 e. The predicted octanol–water partition coefficient (Wildman–Crippen LogP) is 3.02. The van der Waals surface area contributed by atoms with Gasteiger partial charge in [0.25, 0.3) is 0 Å². The van der Waals surface area contributed by atoms with Crippen LogP contribution in [-0.2, 0) is 25.8 Å². The molecule has 114 valence electrons. The van der Waals surface area contributed by atoms with E-state index in [1.165, 1.54) is 5.56 Å². The van der Waals surface area contributed by atoms with Crippen LogP contribution in [0.5, 0.6) is 0 Å². The molecule has 0 amide bonds. The first-order valence-corrected chi connectivity index (χ1v) is 7.92. The number of rotatable bonds is 7. The van der Waals surface area contributed by atoms with E-state index in [1.807, 2.05) is 29.2 Å². The number of hydrogen-bond donors (Lipinski definition) is 1. The fourth-order valence-electron chi connectivity index (χ4n) is 2.46. The zero-order chi connectivity index (χ0) is 15.2. The van der Waals surface area contributed by atoms with E-state index in [9.17, 15) is 0 Å². The lowest BCUT2D eigenvalue weighted by Gasteiger charge is -2.13. The molecular weight excluding hydrogens is 284 g/mol. The Labute approximate surface area is 131 Å². The second kappa shape index (κ2) is 7.57. The van der Waals surface area contributed by atoms with Crippen molar-refractivity contribution in [2.75, 3.05) is 0 Å². The molecule has 2 aromatic heterocycles. The van der Waals surface area contributed by atoms with E-state index in [4.69, 9.17) is 17.3 Å². The third kappa shape index (κ3) is 4.05. The summed E-state index contributed by atoms with van der Waals surface area (Å²) >= 11 is 6.42. The van der Waals surface area contributed by atoms with Crippen molar-refractivity contribution in [3.63, 3.8) is 0 Å². The normalized spacial score (nSPS) is 12.6. The number of nitrogens with zero attached hydrogens (tertiary/aromatic N) is 3. The van der Waals surface area contributed by atoms with Gasteiger partial charge in [0.1, 0.15) is 0 Å². The van der Waals surface area contributed by atoms with Gasteiger partial charge in [-0.3, -0.25) is 9.67 Å². The summed E-state index contributed by atoms with van der Waals surface area (Å²) in [5.41, 5.74) is 9.58. The average Bonchev–Trinajstić information content (AvgIpc) is 2.82. The van der Waals surface area contributed by atoms with Crippen LogP contribution in [0.3, 0.4) is 0 Å². The molecule has 0 aliphatic carbocycles. The predicted molar refractivity (Wildman–Crippen MR) is 86.5 cm³/mol. The Morgan fingerprint density at radius 1 is 1.29 bits per heavy atom. The van der Waals surface area contributed by atoms with Gasteiger partial charge in [-0.2, -0.15) is 5.10 Å². The number of halogens is 1. The molecule has 0 bridgehead atoms. The van der Waals surface area contributed by atoms with Crippen molar-refractivity contribution in [2.45, 2.75) is 52.1 Å². The van der Waals surface area contributed by atoms with Crippen molar-refractivity contribution >= 4 is 11.6 Å². The van der Waals surface area contributed by atoms with Gasteiger partial charge in [0, 0.05) is 31.4 Å². The highest BCUT2D eigenvalue weighted by atomic mass is 35.5. The van der Waals surface area contributed by atoms with Crippen molar-refractivity contribution in [1.82, 2.24) is 14.8 Å². The molecule has 0 radical (unpaired) electrons. The molecule has 21 heavy (non-hydrogen) atoms.